The maximum atomic E-state index is 9.57. The molecule has 0 aromatic heterocycles. The Bertz CT molecular complexity index is 380. The Morgan fingerprint density at radius 3 is 2.18 bits per heavy atom. The number of rotatable bonds is 3. The van der Waals surface area contributed by atoms with Crippen LogP contribution in [0.2, 0.25) is 0 Å². The van der Waals surface area contributed by atoms with Crippen LogP contribution in [0.25, 0.3) is 0 Å². The smallest absolute Gasteiger partial charge is 0.157 e. The highest BCUT2D eigenvalue weighted by Crippen LogP contribution is 2.40. The zero-order valence-corrected chi connectivity index (χ0v) is 11.1. The number of aromatic hydroxyl groups is 2. The predicted molar refractivity (Wildman–Crippen MR) is 70.2 cm³/mol. The van der Waals surface area contributed by atoms with Gasteiger partial charge < -0.3 is 15.9 Å². The Morgan fingerprint density at radius 1 is 1.18 bits per heavy atom. The first-order chi connectivity index (χ1) is 7.71. The van der Waals surface area contributed by atoms with Crippen LogP contribution < -0.4 is 5.73 Å². The molecule has 0 aliphatic heterocycles. The molecule has 0 saturated carbocycles. The second kappa shape index (κ2) is 4.96. The van der Waals surface area contributed by atoms with Crippen LogP contribution in [0.1, 0.15) is 45.6 Å². The predicted octanol–water partition coefficient (Wildman–Crippen LogP) is 2.96. The van der Waals surface area contributed by atoms with E-state index in [0.717, 1.165) is 12.0 Å². The van der Waals surface area contributed by atoms with Crippen LogP contribution in [-0.4, -0.2) is 16.3 Å². The number of hydrogen-bond acceptors (Lipinski definition) is 3. The second-order valence-electron chi connectivity index (χ2n) is 5.88. The van der Waals surface area contributed by atoms with Gasteiger partial charge in [-0.2, -0.15) is 0 Å². The molecule has 0 aliphatic carbocycles. The largest absolute Gasteiger partial charge is 0.504 e. The van der Waals surface area contributed by atoms with E-state index in [4.69, 9.17) is 5.73 Å². The van der Waals surface area contributed by atoms with Crippen LogP contribution in [0.3, 0.4) is 0 Å². The van der Waals surface area contributed by atoms with E-state index >= 15 is 0 Å². The highest BCUT2D eigenvalue weighted by molar-refractivity contribution is 5.42. The SMILES string of the molecule is CC(N)CC(c1ccc(O)c(O)c1)C(C)(C)C. The van der Waals surface area contributed by atoms with E-state index in [-0.39, 0.29) is 28.9 Å². The van der Waals surface area contributed by atoms with E-state index in [1.807, 2.05) is 13.0 Å². The van der Waals surface area contributed by atoms with Crippen LogP contribution in [0, 0.1) is 5.41 Å². The number of phenolic OH excluding ortho intramolecular Hbond substituents is 2. The van der Waals surface area contributed by atoms with Gasteiger partial charge in [-0.1, -0.05) is 26.8 Å². The summed E-state index contributed by atoms with van der Waals surface area (Å²) in [6.45, 7) is 8.46. The summed E-state index contributed by atoms with van der Waals surface area (Å²) in [7, 11) is 0. The van der Waals surface area contributed by atoms with Gasteiger partial charge in [-0.25, -0.2) is 0 Å². The van der Waals surface area contributed by atoms with Crippen LogP contribution in [0.5, 0.6) is 11.5 Å². The quantitative estimate of drug-likeness (QED) is 0.708. The van der Waals surface area contributed by atoms with E-state index < -0.39 is 0 Å². The van der Waals surface area contributed by atoms with Crippen molar-refractivity contribution in [2.45, 2.75) is 46.1 Å². The molecule has 2 atom stereocenters. The molecule has 2 unspecified atom stereocenters. The van der Waals surface area contributed by atoms with Crippen molar-refractivity contribution in [1.29, 1.82) is 0 Å². The standard InChI is InChI=1S/C14H23NO2/c1-9(15)7-11(14(2,3)4)10-5-6-12(16)13(17)8-10/h5-6,8-9,11,16-17H,7,15H2,1-4H3. The molecule has 0 bridgehead atoms. The molecule has 0 saturated heterocycles. The maximum absolute atomic E-state index is 9.57. The minimum absolute atomic E-state index is 0.0665. The van der Waals surface area contributed by atoms with E-state index in [1.54, 1.807) is 6.07 Å². The van der Waals surface area contributed by atoms with Crippen molar-refractivity contribution in [3.63, 3.8) is 0 Å². The lowest BCUT2D eigenvalue weighted by atomic mass is 9.73. The molecule has 3 heteroatoms. The van der Waals surface area contributed by atoms with Crippen molar-refractivity contribution in [1.82, 2.24) is 0 Å². The third kappa shape index (κ3) is 3.63. The van der Waals surface area contributed by atoms with Gasteiger partial charge in [0.05, 0.1) is 0 Å². The summed E-state index contributed by atoms with van der Waals surface area (Å²) >= 11 is 0. The monoisotopic (exact) mass is 237 g/mol. The lowest BCUT2D eigenvalue weighted by Gasteiger charge is -2.32. The average molecular weight is 237 g/mol. The highest BCUT2D eigenvalue weighted by atomic mass is 16.3. The summed E-state index contributed by atoms with van der Waals surface area (Å²) in [6.07, 6.45) is 0.855. The Hall–Kier alpha value is -1.22. The molecule has 1 rings (SSSR count). The van der Waals surface area contributed by atoms with E-state index in [9.17, 15) is 10.2 Å². The minimum atomic E-state index is -0.0813. The topological polar surface area (TPSA) is 66.5 Å². The van der Waals surface area contributed by atoms with Crippen molar-refractivity contribution in [2.24, 2.45) is 11.1 Å². The number of phenols is 2. The third-order valence-corrected chi connectivity index (χ3v) is 3.05. The van der Waals surface area contributed by atoms with Gasteiger partial charge >= 0.3 is 0 Å². The number of nitrogens with two attached hydrogens (primary N) is 1. The molecule has 0 amide bonds. The number of benzene rings is 1. The Morgan fingerprint density at radius 2 is 1.76 bits per heavy atom. The lowest BCUT2D eigenvalue weighted by Crippen LogP contribution is -2.26. The van der Waals surface area contributed by atoms with Crippen molar-refractivity contribution >= 4 is 0 Å². The molecular weight excluding hydrogens is 214 g/mol. The average Bonchev–Trinajstić information content (AvgIpc) is 2.17. The summed E-state index contributed by atoms with van der Waals surface area (Å²) in [5, 5.41) is 18.9. The van der Waals surface area contributed by atoms with Gasteiger partial charge in [-0.15, -0.1) is 0 Å². The molecule has 0 radical (unpaired) electrons. The molecular formula is C14H23NO2. The molecule has 4 N–H and O–H groups in total. The van der Waals surface area contributed by atoms with Crippen molar-refractivity contribution in [2.75, 3.05) is 0 Å². The fraction of sp³-hybridized carbons (Fsp3) is 0.571. The molecule has 1 aromatic rings. The van der Waals surface area contributed by atoms with E-state index in [2.05, 4.69) is 20.8 Å². The minimum Gasteiger partial charge on any atom is -0.504 e. The molecule has 0 fully saturated rings. The van der Waals surface area contributed by atoms with E-state index in [0.29, 0.717) is 0 Å². The summed E-state index contributed by atoms with van der Waals surface area (Å²) in [6, 6.07) is 5.13. The van der Waals surface area contributed by atoms with Crippen molar-refractivity contribution < 1.29 is 10.2 Å². The Balaban J connectivity index is 3.09. The highest BCUT2D eigenvalue weighted by Gasteiger charge is 2.27. The first-order valence-electron chi connectivity index (χ1n) is 5.99. The molecule has 0 heterocycles. The van der Waals surface area contributed by atoms with Crippen molar-refractivity contribution in [3.8, 4) is 11.5 Å². The summed E-state index contributed by atoms with van der Waals surface area (Å²) < 4.78 is 0. The Labute approximate surface area is 103 Å². The lowest BCUT2D eigenvalue weighted by molar-refractivity contribution is 0.292. The molecule has 3 nitrogen and oxygen atoms in total. The third-order valence-electron chi connectivity index (χ3n) is 3.05. The zero-order chi connectivity index (χ0) is 13.2. The fourth-order valence-electron chi connectivity index (χ4n) is 2.12. The molecule has 1 aromatic carbocycles. The summed E-state index contributed by atoms with van der Waals surface area (Å²) in [5.41, 5.74) is 6.97. The molecule has 0 spiro atoms. The van der Waals surface area contributed by atoms with Gasteiger partial charge in [0, 0.05) is 6.04 Å². The van der Waals surface area contributed by atoms with Gasteiger partial charge in [0.1, 0.15) is 0 Å². The first-order valence-corrected chi connectivity index (χ1v) is 5.99. The summed E-state index contributed by atoms with van der Waals surface area (Å²) in [5.74, 6) is 0.109. The zero-order valence-electron chi connectivity index (χ0n) is 11.1. The van der Waals surface area contributed by atoms with Crippen LogP contribution in [-0.2, 0) is 0 Å². The summed E-state index contributed by atoms with van der Waals surface area (Å²) in [4.78, 5) is 0. The van der Waals surface area contributed by atoms with Gasteiger partial charge in [0.25, 0.3) is 0 Å². The van der Waals surface area contributed by atoms with Gasteiger partial charge in [-0.05, 0) is 42.4 Å². The normalized spacial score (nSPS) is 15.6. The second-order valence-corrected chi connectivity index (χ2v) is 5.88. The number of hydrogen-bond donors (Lipinski definition) is 3. The maximum Gasteiger partial charge on any atom is 0.157 e. The van der Waals surface area contributed by atoms with Gasteiger partial charge in [-0.3, -0.25) is 0 Å². The van der Waals surface area contributed by atoms with E-state index in [1.165, 1.54) is 6.07 Å². The Kier molecular flexibility index (Phi) is 4.04. The van der Waals surface area contributed by atoms with Crippen LogP contribution in [0.15, 0.2) is 18.2 Å². The van der Waals surface area contributed by atoms with Crippen LogP contribution in [0.4, 0.5) is 0 Å². The molecule has 96 valence electrons. The van der Waals surface area contributed by atoms with Crippen molar-refractivity contribution in [3.05, 3.63) is 23.8 Å². The first kappa shape index (κ1) is 13.8. The molecule has 0 aliphatic rings. The fourth-order valence-corrected chi connectivity index (χ4v) is 2.12. The van der Waals surface area contributed by atoms with Crippen LogP contribution >= 0.6 is 0 Å². The van der Waals surface area contributed by atoms with Gasteiger partial charge in [0.15, 0.2) is 11.5 Å². The van der Waals surface area contributed by atoms with Gasteiger partial charge in [0.2, 0.25) is 0 Å². The molecule has 17 heavy (non-hydrogen) atoms.